The fourth-order valence-corrected chi connectivity index (χ4v) is 2.14. The van der Waals surface area contributed by atoms with Crippen LogP contribution in [0.4, 0.5) is 4.39 Å². The summed E-state index contributed by atoms with van der Waals surface area (Å²) in [4.78, 5) is 16.2. The molecule has 2 aromatic rings. The fraction of sp³-hybridized carbons (Fsp3) is 0.143. The summed E-state index contributed by atoms with van der Waals surface area (Å²) in [5.74, 6) is -0.345. The maximum Gasteiger partial charge on any atom is 0.169 e. The number of hydrogen-bond acceptors (Lipinski definition) is 2. The lowest BCUT2D eigenvalue weighted by Crippen LogP contribution is -2.06. The van der Waals surface area contributed by atoms with Crippen molar-refractivity contribution in [3.8, 4) is 0 Å². The van der Waals surface area contributed by atoms with E-state index >= 15 is 0 Å². The van der Waals surface area contributed by atoms with Crippen LogP contribution in [0, 0.1) is 12.7 Å². The van der Waals surface area contributed by atoms with E-state index in [9.17, 15) is 9.18 Å². The number of benzene rings is 1. The van der Waals surface area contributed by atoms with Gasteiger partial charge in [0, 0.05) is 23.9 Å². The molecule has 2 nitrogen and oxygen atoms in total. The molecule has 1 aromatic carbocycles. The topological polar surface area (TPSA) is 30.0 Å². The summed E-state index contributed by atoms with van der Waals surface area (Å²) in [7, 11) is 0. The largest absolute Gasteiger partial charge is 0.294 e. The van der Waals surface area contributed by atoms with E-state index in [-0.39, 0.29) is 18.0 Å². The number of nitrogens with zero attached hydrogens (tertiary/aromatic N) is 1. The van der Waals surface area contributed by atoms with Gasteiger partial charge in [-0.2, -0.15) is 0 Å². The fourth-order valence-electron chi connectivity index (χ4n) is 1.71. The molecule has 0 aliphatic heterocycles. The molecule has 1 heterocycles. The van der Waals surface area contributed by atoms with Crippen LogP contribution in [0.5, 0.6) is 0 Å². The highest BCUT2D eigenvalue weighted by atomic mass is 79.9. The second kappa shape index (κ2) is 5.40. The molecule has 92 valence electrons. The molecular weight excluding hydrogens is 297 g/mol. The van der Waals surface area contributed by atoms with Gasteiger partial charge in [0.05, 0.1) is 4.47 Å². The Bertz CT molecular complexity index is 598. The number of carbonyl (C=O) groups excluding carboxylic acids is 1. The van der Waals surface area contributed by atoms with Gasteiger partial charge >= 0.3 is 0 Å². The highest BCUT2D eigenvalue weighted by Gasteiger charge is 2.11. The smallest absolute Gasteiger partial charge is 0.169 e. The van der Waals surface area contributed by atoms with Gasteiger partial charge in [0.25, 0.3) is 0 Å². The third kappa shape index (κ3) is 2.82. The van der Waals surface area contributed by atoms with E-state index in [2.05, 4.69) is 20.9 Å². The Hall–Kier alpha value is -1.55. The summed E-state index contributed by atoms with van der Waals surface area (Å²) >= 11 is 3.11. The van der Waals surface area contributed by atoms with Gasteiger partial charge in [-0.3, -0.25) is 9.78 Å². The Morgan fingerprint density at radius 2 is 2.17 bits per heavy atom. The lowest BCUT2D eigenvalue weighted by Gasteiger charge is -2.05. The molecule has 0 aliphatic rings. The van der Waals surface area contributed by atoms with Crippen molar-refractivity contribution >= 4 is 21.7 Å². The highest BCUT2D eigenvalue weighted by Crippen LogP contribution is 2.18. The third-order valence-corrected chi connectivity index (χ3v) is 3.26. The molecule has 4 heteroatoms. The lowest BCUT2D eigenvalue weighted by molar-refractivity contribution is 0.0992. The highest BCUT2D eigenvalue weighted by molar-refractivity contribution is 9.10. The molecule has 1 aromatic heterocycles. The molecule has 18 heavy (non-hydrogen) atoms. The van der Waals surface area contributed by atoms with Crippen LogP contribution < -0.4 is 0 Å². The van der Waals surface area contributed by atoms with Gasteiger partial charge in [-0.15, -0.1) is 0 Å². The summed E-state index contributed by atoms with van der Waals surface area (Å²) in [5.41, 5.74) is 2.10. The first kappa shape index (κ1) is 12.9. The molecule has 0 radical (unpaired) electrons. The molecule has 0 bridgehead atoms. The first-order chi connectivity index (χ1) is 8.58. The first-order valence-corrected chi connectivity index (χ1v) is 6.26. The minimum Gasteiger partial charge on any atom is -0.294 e. The minimum atomic E-state index is -0.330. The first-order valence-electron chi connectivity index (χ1n) is 5.46. The SMILES string of the molecule is Cc1ncccc1C(=O)Cc1ccc(F)c(Br)c1. The third-order valence-electron chi connectivity index (χ3n) is 2.66. The molecule has 0 atom stereocenters. The van der Waals surface area contributed by atoms with E-state index in [1.165, 1.54) is 6.07 Å². The van der Waals surface area contributed by atoms with Gasteiger partial charge in [0.15, 0.2) is 5.78 Å². The zero-order chi connectivity index (χ0) is 13.1. The predicted octanol–water partition coefficient (Wildman–Crippen LogP) is 3.72. The molecular formula is C14H11BrFNO. The van der Waals surface area contributed by atoms with E-state index < -0.39 is 0 Å². The van der Waals surface area contributed by atoms with E-state index in [4.69, 9.17) is 0 Å². The van der Waals surface area contributed by atoms with Crippen molar-refractivity contribution in [2.75, 3.05) is 0 Å². The molecule has 0 saturated carbocycles. The minimum absolute atomic E-state index is 0.0147. The Morgan fingerprint density at radius 1 is 1.39 bits per heavy atom. The average molecular weight is 308 g/mol. The van der Waals surface area contributed by atoms with Crippen molar-refractivity contribution < 1.29 is 9.18 Å². The van der Waals surface area contributed by atoms with Crippen molar-refractivity contribution in [1.82, 2.24) is 4.98 Å². The number of hydrogen-bond donors (Lipinski definition) is 0. The van der Waals surface area contributed by atoms with Crippen LogP contribution in [-0.2, 0) is 6.42 Å². The van der Waals surface area contributed by atoms with Gasteiger partial charge in [-0.1, -0.05) is 6.07 Å². The van der Waals surface area contributed by atoms with Crippen LogP contribution in [0.25, 0.3) is 0 Å². The van der Waals surface area contributed by atoms with Crippen LogP contribution in [0.3, 0.4) is 0 Å². The molecule has 0 aliphatic carbocycles. The Labute approximate surface area is 113 Å². The van der Waals surface area contributed by atoms with E-state index in [0.717, 1.165) is 5.56 Å². The van der Waals surface area contributed by atoms with Crippen molar-refractivity contribution in [2.45, 2.75) is 13.3 Å². The number of Topliss-reactive ketones (excluding diaryl/α,β-unsaturated/α-hetero) is 1. The number of halogens is 2. The number of carbonyl (C=O) groups is 1. The Balaban J connectivity index is 2.22. The van der Waals surface area contributed by atoms with Crippen molar-refractivity contribution in [3.05, 3.63) is 63.6 Å². The quantitative estimate of drug-likeness (QED) is 0.809. The maximum absolute atomic E-state index is 13.1. The zero-order valence-electron chi connectivity index (χ0n) is 9.78. The number of ketones is 1. The molecule has 0 saturated heterocycles. The summed E-state index contributed by atoms with van der Waals surface area (Å²) < 4.78 is 13.5. The van der Waals surface area contributed by atoms with Gasteiger partial charge in [-0.05, 0) is 52.7 Å². The van der Waals surface area contributed by atoms with Crippen LogP contribution in [0.1, 0.15) is 21.6 Å². The summed E-state index contributed by atoms with van der Waals surface area (Å²) in [6, 6.07) is 8.08. The van der Waals surface area contributed by atoms with Crippen molar-refractivity contribution in [1.29, 1.82) is 0 Å². The monoisotopic (exact) mass is 307 g/mol. The van der Waals surface area contributed by atoms with Gasteiger partial charge in [0.2, 0.25) is 0 Å². The van der Waals surface area contributed by atoms with Gasteiger partial charge in [0.1, 0.15) is 5.82 Å². The normalized spacial score (nSPS) is 10.4. The maximum atomic E-state index is 13.1. The molecule has 0 N–H and O–H groups in total. The van der Waals surface area contributed by atoms with E-state index in [0.29, 0.717) is 15.7 Å². The van der Waals surface area contributed by atoms with Gasteiger partial charge in [-0.25, -0.2) is 4.39 Å². The summed E-state index contributed by atoms with van der Waals surface area (Å²) in [6.45, 7) is 1.80. The Kier molecular flexibility index (Phi) is 3.87. The molecule has 0 amide bonds. The number of aryl methyl sites for hydroxylation is 1. The van der Waals surface area contributed by atoms with Crippen molar-refractivity contribution in [2.24, 2.45) is 0 Å². The lowest BCUT2D eigenvalue weighted by atomic mass is 10.0. The van der Waals surface area contributed by atoms with Crippen LogP contribution in [0.2, 0.25) is 0 Å². The van der Waals surface area contributed by atoms with Crippen molar-refractivity contribution in [3.63, 3.8) is 0 Å². The molecule has 0 spiro atoms. The average Bonchev–Trinajstić information content (AvgIpc) is 2.34. The molecule has 0 fully saturated rings. The van der Waals surface area contributed by atoms with Crippen LogP contribution in [-0.4, -0.2) is 10.8 Å². The molecule has 2 rings (SSSR count). The Morgan fingerprint density at radius 3 is 2.83 bits per heavy atom. The van der Waals surface area contributed by atoms with Crippen LogP contribution in [0.15, 0.2) is 41.0 Å². The summed E-state index contributed by atoms with van der Waals surface area (Å²) in [5, 5.41) is 0. The molecule has 0 unspecified atom stereocenters. The zero-order valence-corrected chi connectivity index (χ0v) is 11.4. The number of rotatable bonds is 3. The predicted molar refractivity (Wildman–Crippen MR) is 71.1 cm³/mol. The number of aromatic nitrogens is 1. The second-order valence-corrected chi connectivity index (χ2v) is 4.84. The van der Waals surface area contributed by atoms with Crippen LogP contribution >= 0.6 is 15.9 Å². The summed E-state index contributed by atoms with van der Waals surface area (Å²) in [6.07, 6.45) is 1.89. The van der Waals surface area contributed by atoms with E-state index in [1.54, 1.807) is 37.4 Å². The van der Waals surface area contributed by atoms with E-state index in [1.807, 2.05) is 0 Å². The van der Waals surface area contributed by atoms with Gasteiger partial charge < -0.3 is 0 Å². The number of pyridine rings is 1. The standard InChI is InChI=1S/C14H11BrFNO/c1-9-11(3-2-6-17-9)14(18)8-10-4-5-13(16)12(15)7-10/h2-7H,8H2,1H3. The second-order valence-electron chi connectivity index (χ2n) is 3.98.